The first-order valence-corrected chi connectivity index (χ1v) is 10.3. The second kappa shape index (κ2) is 7.39. The largest absolute Gasteiger partial charge is 0.349 e. The number of thiophene rings is 1. The van der Waals surface area contributed by atoms with Crippen molar-refractivity contribution in [3.63, 3.8) is 0 Å². The summed E-state index contributed by atoms with van der Waals surface area (Å²) in [6.45, 7) is 1.96. The van der Waals surface area contributed by atoms with Gasteiger partial charge in [0.25, 0.3) is 5.91 Å². The summed E-state index contributed by atoms with van der Waals surface area (Å²) in [4.78, 5) is 28.3. The highest BCUT2D eigenvalue weighted by Gasteiger charge is 2.32. The first-order chi connectivity index (χ1) is 13.4. The summed E-state index contributed by atoms with van der Waals surface area (Å²) in [6, 6.07) is 11.9. The first kappa shape index (κ1) is 18.7. The molecule has 0 spiro atoms. The lowest BCUT2D eigenvalue weighted by Gasteiger charge is -2.16. The van der Waals surface area contributed by atoms with E-state index in [4.69, 9.17) is 0 Å². The summed E-state index contributed by atoms with van der Waals surface area (Å²) in [5.74, 6) is 0.0944. The number of aryl methyl sites for hydroxylation is 1. The third-order valence-electron chi connectivity index (χ3n) is 5.33. The van der Waals surface area contributed by atoms with Gasteiger partial charge in [0.05, 0.1) is 16.3 Å². The fourth-order valence-corrected chi connectivity index (χ4v) is 4.95. The Kier molecular flexibility index (Phi) is 4.93. The number of para-hydroxylation sites is 1. The summed E-state index contributed by atoms with van der Waals surface area (Å²) in [7, 11) is 3.56. The SMILES string of the molecule is Cc1nn(-c2ccccc2)c2sc(C(=O)N[C@@H]3CC[C@@H](C(=O)N(C)C)C3)cc12. The zero-order valence-corrected chi connectivity index (χ0v) is 17.1. The molecule has 0 aliphatic heterocycles. The molecule has 1 fully saturated rings. The molecule has 1 aliphatic carbocycles. The van der Waals surface area contributed by atoms with Crippen LogP contribution in [0.15, 0.2) is 36.4 Å². The van der Waals surface area contributed by atoms with Crippen LogP contribution in [0.1, 0.15) is 34.6 Å². The molecule has 7 heteroatoms. The number of hydrogen-bond donors (Lipinski definition) is 1. The van der Waals surface area contributed by atoms with Crippen LogP contribution in [0.2, 0.25) is 0 Å². The normalized spacial score (nSPS) is 19.1. The smallest absolute Gasteiger partial charge is 0.261 e. The van der Waals surface area contributed by atoms with Gasteiger partial charge in [-0.25, -0.2) is 4.68 Å². The van der Waals surface area contributed by atoms with Crippen LogP contribution < -0.4 is 5.32 Å². The highest BCUT2D eigenvalue weighted by molar-refractivity contribution is 7.20. The molecule has 0 bridgehead atoms. The molecule has 3 aromatic rings. The molecule has 1 saturated carbocycles. The van der Waals surface area contributed by atoms with Gasteiger partial charge in [-0.15, -0.1) is 11.3 Å². The van der Waals surface area contributed by atoms with E-state index in [-0.39, 0.29) is 23.8 Å². The van der Waals surface area contributed by atoms with Crippen molar-refractivity contribution < 1.29 is 9.59 Å². The number of benzene rings is 1. The standard InChI is InChI=1S/C21H24N4O2S/c1-13-17-12-18(28-21(17)25(23-13)16-7-5-4-6-8-16)19(26)22-15-10-9-14(11-15)20(27)24(2)3/h4-8,12,14-15H,9-11H2,1-3H3,(H,22,26)/t14-,15-/m1/s1. The van der Waals surface area contributed by atoms with Crippen molar-refractivity contribution in [3.8, 4) is 5.69 Å². The minimum absolute atomic E-state index is 0.0107. The van der Waals surface area contributed by atoms with Crippen LogP contribution >= 0.6 is 11.3 Å². The van der Waals surface area contributed by atoms with Crippen molar-refractivity contribution in [1.82, 2.24) is 20.0 Å². The molecule has 1 aromatic carbocycles. The summed E-state index contributed by atoms with van der Waals surface area (Å²) < 4.78 is 1.90. The molecule has 0 saturated heterocycles. The molecule has 0 radical (unpaired) electrons. The topological polar surface area (TPSA) is 67.2 Å². The molecular weight excluding hydrogens is 372 g/mol. The lowest BCUT2D eigenvalue weighted by atomic mass is 10.1. The molecule has 4 rings (SSSR count). The number of nitrogens with zero attached hydrogens (tertiary/aromatic N) is 3. The maximum atomic E-state index is 12.8. The van der Waals surface area contributed by atoms with Crippen molar-refractivity contribution >= 4 is 33.4 Å². The Morgan fingerprint density at radius 3 is 2.68 bits per heavy atom. The highest BCUT2D eigenvalue weighted by Crippen LogP contribution is 2.31. The average molecular weight is 397 g/mol. The molecule has 146 valence electrons. The van der Waals surface area contributed by atoms with Gasteiger partial charge >= 0.3 is 0 Å². The van der Waals surface area contributed by atoms with E-state index in [9.17, 15) is 9.59 Å². The predicted molar refractivity (Wildman–Crippen MR) is 111 cm³/mol. The van der Waals surface area contributed by atoms with E-state index in [1.807, 2.05) is 48.0 Å². The third-order valence-corrected chi connectivity index (χ3v) is 6.44. The Morgan fingerprint density at radius 2 is 1.96 bits per heavy atom. The fourth-order valence-electron chi connectivity index (χ4n) is 3.86. The Hall–Kier alpha value is -2.67. The van der Waals surface area contributed by atoms with Crippen molar-refractivity contribution in [2.75, 3.05) is 14.1 Å². The van der Waals surface area contributed by atoms with Crippen LogP contribution in [0.25, 0.3) is 15.9 Å². The molecule has 0 unspecified atom stereocenters. The molecule has 2 heterocycles. The Bertz CT molecular complexity index is 1020. The summed E-state index contributed by atoms with van der Waals surface area (Å²) >= 11 is 1.46. The van der Waals surface area contributed by atoms with Crippen molar-refractivity contribution in [2.45, 2.75) is 32.2 Å². The van der Waals surface area contributed by atoms with E-state index in [2.05, 4.69) is 10.4 Å². The number of amides is 2. The van der Waals surface area contributed by atoms with Crippen molar-refractivity contribution in [2.24, 2.45) is 5.92 Å². The van der Waals surface area contributed by atoms with Crippen LogP contribution in [0.3, 0.4) is 0 Å². The van der Waals surface area contributed by atoms with E-state index < -0.39 is 0 Å². The van der Waals surface area contributed by atoms with E-state index in [0.717, 1.165) is 34.4 Å². The van der Waals surface area contributed by atoms with E-state index in [1.165, 1.54) is 11.3 Å². The Morgan fingerprint density at radius 1 is 1.21 bits per heavy atom. The number of hydrogen-bond acceptors (Lipinski definition) is 4. The average Bonchev–Trinajstić information content (AvgIpc) is 3.38. The second-order valence-electron chi connectivity index (χ2n) is 7.58. The fraction of sp³-hybridized carbons (Fsp3) is 0.381. The molecule has 1 N–H and O–H groups in total. The zero-order valence-electron chi connectivity index (χ0n) is 16.3. The van der Waals surface area contributed by atoms with Crippen molar-refractivity contribution in [3.05, 3.63) is 47.0 Å². The molecule has 6 nitrogen and oxygen atoms in total. The predicted octanol–water partition coefficient (Wildman–Crippen LogP) is 3.38. The quantitative estimate of drug-likeness (QED) is 0.735. The molecule has 2 atom stereocenters. The molecule has 1 aliphatic rings. The number of nitrogens with one attached hydrogen (secondary N) is 1. The van der Waals surface area contributed by atoms with E-state index >= 15 is 0 Å². The van der Waals surface area contributed by atoms with Gasteiger partial charge in [0.1, 0.15) is 4.83 Å². The van der Waals surface area contributed by atoms with Gasteiger partial charge in [-0.1, -0.05) is 18.2 Å². The van der Waals surface area contributed by atoms with Crippen LogP contribution in [0, 0.1) is 12.8 Å². The van der Waals surface area contributed by atoms with Gasteiger partial charge < -0.3 is 10.2 Å². The van der Waals surface area contributed by atoms with E-state index in [1.54, 1.807) is 19.0 Å². The van der Waals surface area contributed by atoms with Crippen molar-refractivity contribution in [1.29, 1.82) is 0 Å². The minimum atomic E-state index is -0.0665. The summed E-state index contributed by atoms with van der Waals surface area (Å²) in [6.07, 6.45) is 2.39. The van der Waals surface area contributed by atoms with Crippen LogP contribution in [-0.4, -0.2) is 46.6 Å². The summed E-state index contributed by atoms with van der Waals surface area (Å²) in [5, 5.41) is 8.75. The van der Waals surface area contributed by atoms with Crippen LogP contribution in [-0.2, 0) is 4.79 Å². The van der Waals surface area contributed by atoms with Crippen LogP contribution in [0.5, 0.6) is 0 Å². The van der Waals surface area contributed by atoms with Gasteiger partial charge in [-0.2, -0.15) is 5.10 Å². The number of fused-ring (bicyclic) bond motifs is 1. The summed E-state index contributed by atoms with van der Waals surface area (Å²) in [5.41, 5.74) is 1.89. The minimum Gasteiger partial charge on any atom is -0.349 e. The number of carbonyl (C=O) groups excluding carboxylic acids is 2. The maximum Gasteiger partial charge on any atom is 0.261 e. The number of rotatable bonds is 4. The van der Waals surface area contributed by atoms with Crippen LogP contribution in [0.4, 0.5) is 0 Å². The molecule has 2 amide bonds. The zero-order chi connectivity index (χ0) is 19.8. The van der Waals surface area contributed by atoms with E-state index in [0.29, 0.717) is 11.3 Å². The second-order valence-corrected chi connectivity index (χ2v) is 8.61. The van der Waals surface area contributed by atoms with Gasteiger partial charge in [0, 0.05) is 31.4 Å². The monoisotopic (exact) mass is 396 g/mol. The first-order valence-electron chi connectivity index (χ1n) is 9.50. The number of aromatic nitrogens is 2. The molecule has 2 aromatic heterocycles. The number of carbonyl (C=O) groups is 2. The molecular formula is C21H24N4O2S. The lowest BCUT2D eigenvalue weighted by Crippen LogP contribution is -2.34. The van der Waals surface area contributed by atoms with Gasteiger partial charge in [0.15, 0.2) is 0 Å². The lowest BCUT2D eigenvalue weighted by molar-refractivity contribution is -0.132. The highest BCUT2D eigenvalue weighted by atomic mass is 32.1. The van der Waals surface area contributed by atoms with Gasteiger partial charge in [-0.05, 0) is 44.4 Å². The Labute approximate surface area is 168 Å². The maximum absolute atomic E-state index is 12.8. The van der Waals surface area contributed by atoms with Gasteiger partial charge in [-0.3, -0.25) is 9.59 Å². The third kappa shape index (κ3) is 3.42. The Balaban J connectivity index is 1.52. The van der Waals surface area contributed by atoms with Gasteiger partial charge in [0.2, 0.25) is 5.91 Å². The molecule has 28 heavy (non-hydrogen) atoms.